The molecule has 20 heavy (non-hydrogen) atoms. The largest absolute Gasteiger partial charge is 0.399 e. The summed E-state index contributed by atoms with van der Waals surface area (Å²) in [4.78, 5) is 11.7. The molecular weight excluding hydrogens is 280 g/mol. The number of nitrogen functional groups attached to an aromatic ring is 1. The standard InChI is InChI=1S/C12H20N4O3S/c1-14-12(17)10-5-4-9(13)8-11(10)15-6-7-20(18,19)16(2)3/h4-5,8,15H,6-7,13H2,1-3H3,(H,14,17). The molecule has 1 aromatic carbocycles. The lowest BCUT2D eigenvalue weighted by Crippen LogP contribution is -2.29. The van der Waals surface area contributed by atoms with Crippen molar-refractivity contribution in [1.29, 1.82) is 0 Å². The molecule has 0 aromatic heterocycles. The molecule has 0 saturated heterocycles. The fraction of sp³-hybridized carbons (Fsp3) is 0.417. The molecule has 0 saturated carbocycles. The predicted octanol–water partition coefficient (Wildman–Crippen LogP) is -0.0683. The molecule has 1 amide bonds. The van der Waals surface area contributed by atoms with E-state index in [9.17, 15) is 13.2 Å². The number of nitrogens with one attached hydrogen (secondary N) is 2. The number of benzene rings is 1. The summed E-state index contributed by atoms with van der Waals surface area (Å²) >= 11 is 0. The fourth-order valence-corrected chi connectivity index (χ4v) is 2.26. The van der Waals surface area contributed by atoms with Gasteiger partial charge in [-0.15, -0.1) is 0 Å². The Bertz CT molecular complexity index is 584. The van der Waals surface area contributed by atoms with Crippen molar-refractivity contribution in [2.24, 2.45) is 0 Å². The Kier molecular flexibility index (Phi) is 5.34. The van der Waals surface area contributed by atoms with Gasteiger partial charge in [-0.1, -0.05) is 0 Å². The van der Waals surface area contributed by atoms with Crippen LogP contribution in [-0.4, -0.2) is 52.1 Å². The molecule has 7 nitrogen and oxygen atoms in total. The van der Waals surface area contributed by atoms with Crippen LogP contribution in [-0.2, 0) is 10.0 Å². The summed E-state index contributed by atoms with van der Waals surface area (Å²) in [5, 5.41) is 5.45. The van der Waals surface area contributed by atoms with E-state index >= 15 is 0 Å². The van der Waals surface area contributed by atoms with Crippen molar-refractivity contribution in [1.82, 2.24) is 9.62 Å². The van der Waals surface area contributed by atoms with Gasteiger partial charge >= 0.3 is 0 Å². The van der Waals surface area contributed by atoms with E-state index in [0.29, 0.717) is 16.9 Å². The number of hydrogen-bond donors (Lipinski definition) is 3. The molecule has 8 heteroatoms. The lowest BCUT2D eigenvalue weighted by atomic mass is 10.1. The van der Waals surface area contributed by atoms with Crippen molar-refractivity contribution >= 4 is 27.3 Å². The molecule has 0 aliphatic rings. The van der Waals surface area contributed by atoms with Crippen LogP contribution < -0.4 is 16.4 Å². The minimum Gasteiger partial charge on any atom is -0.399 e. The first-order valence-corrected chi connectivity index (χ1v) is 7.64. The SMILES string of the molecule is CNC(=O)c1ccc(N)cc1NCCS(=O)(=O)N(C)C. The first-order valence-electron chi connectivity index (χ1n) is 6.03. The average molecular weight is 300 g/mol. The topological polar surface area (TPSA) is 105 Å². The molecule has 0 atom stereocenters. The Labute approximate surface area is 119 Å². The van der Waals surface area contributed by atoms with Crippen LogP contribution in [0.4, 0.5) is 11.4 Å². The van der Waals surface area contributed by atoms with Gasteiger partial charge in [-0.25, -0.2) is 12.7 Å². The smallest absolute Gasteiger partial charge is 0.253 e. The van der Waals surface area contributed by atoms with Crippen LogP contribution in [0.1, 0.15) is 10.4 Å². The van der Waals surface area contributed by atoms with Crippen LogP contribution in [0.5, 0.6) is 0 Å². The maximum absolute atomic E-state index is 11.7. The van der Waals surface area contributed by atoms with Crippen molar-refractivity contribution in [2.45, 2.75) is 0 Å². The van der Waals surface area contributed by atoms with Gasteiger partial charge in [0.05, 0.1) is 11.3 Å². The summed E-state index contributed by atoms with van der Waals surface area (Å²) in [6.45, 7) is 0.188. The maximum Gasteiger partial charge on any atom is 0.253 e. The third-order valence-electron chi connectivity index (χ3n) is 2.75. The number of carbonyl (C=O) groups excluding carboxylic acids is 1. The number of nitrogens with zero attached hydrogens (tertiary/aromatic N) is 1. The molecule has 0 spiro atoms. The van der Waals surface area contributed by atoms with Crippen LogP contribution in [0.3, 0.4) is 0 Å². The number of hydrogen-bond acceptors (Lipinski definition) is 5. The molecule has 112 valence electrons. The number of anilines is 2. The van der Waals surface area contributed by atoms with Crippen molar-refractivity contribution < 1.29 is 13.2 Å². The third-order valence-corrected chi connectivity index (χ3v) is 4.58. The average Bonchev–Trinajstić information content (AvgIpc) is 2.37. The second-order valence-electron chi connectivity index (χ2n) is 4.41. The monoisotopic (exact) mass is 300 g/mol. The first kappa shape index (κ1) is 16.3. The highest BCUT2D eigenvalue weighted by Gasteiger charge is 2.14. The summed E-state index contributed by atoms with van der Waals surface area (Å²) in [5.41, 5.74) is 7.11. The number of carbonyl (C=O) groups is 1. The second kappa shape index (κ2) is 6.58. The second-order valence-corrected chi connectivity index (χ2v) is 6.71. The zero-order valence-electron chi connectivity index (χ0n) is 11.8. The number of sulfonamides is 1. The Morgan fingerprint density at radius 3 is 2.55 bits per heavy atom. The van der Waals surface area contributed by atoms with Crippen molar-refractivity contribution in [3.8, 4) is 0 Å². The molecule has 0 fully saturated rings. The van der Waals surface area contributed by atoms with Crippen LogP contribution in [0.2, 0.25) is 0 Å². The van der Waals surface area contributed by atoms with Crippen molar-refractivity contribution in [2.75, 3.05) is 44.5 Å². The molecule has 1 aromatic rings. The number of rotatable bonds is 6. The van der Waals surface area contributed by atoms with Gasteiger partial charge in [-0.2, -0.15) is 0 Å². The van der Waals surface area contributed by atoms with E-state index in [4.69, 9.17) is 5.73 Å². The third kappa shape index (κ3) is 4.10. The minimum atomic E-state index is -3.28. The van der Waals surface area contributed by atoms with E-state index in [2.05, 4.69) is 10.6 Å². The Morgan fingerprint density at radius 1 is 1.35 bits per heavy atom. The van der Waals surface area contributed by atoms with Crippen LogP contribution in [0.25, 0.3) is 0 Å². The predicted molar refractivity (Wildman–Crippen MR) is 80.2 cm³/mol. The molecule has 0 aliphatic heterocycles. The van der Waals surface area contributed by atoms with E-state index in [1.165, 1.54) is 21.1 Å². The number of nitrogens with two attached hydrogens (primary N) is 1. The lowest BCUT2D eigenvalue weighted by Gasteiger charge is -2.14. The summed E-state index contributed by atoms with van der Waals surface area (Å²) in [7, 11) is 1.20. The summed E-state index contributed by atoms with van der Waals surface area (Å²) in [6.07, 6.45) is 0. The highest BCUT2D eigenvalue weighted by molar-refractivity contribution is 7.89. The Morgan fingerprint density at radius 2 is 2.00 bits per heavy atom. The van der Waals surface area contributed by atoms with E-state index < -0.39 is 10.0 Å². The van der Waals surface area contributed by atoms with Gasteiger partial charge in [0.15, 0.2) is 0 Å². The first-order chi connectivity index (χ1) is 9.27. The normalized spacial score (nSPS) is 11.4. The molecule has 4 N–H and O–H groups in total. The van der Waals surface area contributed by atoms with E-state index in [0.717, 1.165) is 4.31 Å². The molecule has 0 aliphatic carbocycles. The molecule has 0 bridgehead atoms. The van der Waals surface area contributed by atoms with E-state index in [1.54, 1.807) is 18.2 Å². The quantitative estimate of drug-likeness (QED) is 0.638. The fourth-order valence-electron chi connectivity index (χ4n) is 1.54. The van der Waals surface area contributed by atoms with Crippen LogP contribution >= 0.6 is 0 Å². The number of amides is 1. The van der Waals surface area contributed by atoms with Gasteiger partial charge in [0.2, 0.25) is 10.0 Å². The molecular formula is C12H20N4O3S. The van der Waals surface area contributed by atoms with Gasteiger partial charge in [0.1, 0.15) is 0 Å². The maximum atomic E-state index is 11.7. The molecule has 1 rings (SSSR count). The van der Waals surface area contributed by atoms with E-state index in [1.807, 2.05) is 0 Å². The highest BCUT2D eigenvalue weighted by atomic mass is 32.2. The molecule has 0 unspecified atom stereocenters. The molecule has 0 heterocycles. The van der Waals surface area contributed by atoms with Crippen LogP contribution in [0, 0.1) is 0 Å². The summed E-state index contributed by atoms with van der Waals surface area (Å²) in [5.74, 6) is -0.329. The van der Waals surface area contributed by atoms with Gasteiger partial charge in [0, 0.05) is 39.1 Å². The van der Waals surface area contributed by atoms with E-state index in [-0.39, 0.29) is 18.2 Å². The summed E-state index contributed by atoms with van der Waals surface area (Å²) < 4.78 is 24.4. The zero-order chi connectivity index (χ0) is 15.3. The molecule has 0 radical (unpaired) electrons. The Balaban J connectivity index is 2.82. The van der Waals surface area contributed by atoms with Gasteiger partial charge < -0.3 is 16.4 Å². The van der Waals surface area contributed by atoms with Crippen LogP contribution in [0.15, 0.2) is 18.2 Å². The zero-order valence-corrected chi connectivity index (χ0v) is 12.6. The van der Waals surface area contributed by atoms with Crippen molar-refractivity contribution in [3.05, 3.63) is 23.8 Å². The Hall–Kier alpha value is -1.80. The van der Waals surface area contributed by atoms with Gasteiger partial charge in [0.25, 0.3) is 5.91 Å². The van der Waals surface area contributed by atoms with Crippen molar-refractivity contribution in [3.63, 3.8) is 0 Å². The highest BCUT2D eigenvalue weighted by Crippen LogP contribution is 2.19. The van der Waals surface area contributed by atoms with Gasteiger partial charge in [-0.05, 0) is 18.2 Å². The summed E-state index contributed by atoms with van der Waals surface area (Å²) in [6, 6.07) is 4.82. The minimum absolute atomic E-state index is 0.0675. The lowest BCUT2D eigenvalue weighted by molar-refractivity contribution is 0.0964. The van der Waals surface area contributed by atoms with Gasteiger partial charge in [-0.3, -0.25) is 4.79 Å².